The van der Waals surface area contributed by atoms with Gasteiger partial charge in [-0.1, -0.05) is 17.7 Å². The molecule has 4 heteroatoms. The smallest absolute Gasteiger partial charge is 0.374 e. The molecule has 0 saturated heterocycles. The number of ether oxygens (including phenoxy) is 1. The Hall–Kier alpha value is -1.48. The van der Waals surface area contributed by atoms with Gasteiger partial charge in [-0.3, -0.25) is 0 Å². The monoisotopic (exact) mass is 238 g/mol. The average molecular weight is 239 g/mol. The van der Waals surface area contributed by atoms with Crippen LogP contribution in [0.2, 0.25) is 5.02 Å². The highest BCUT2D eigenvalue weighted by Crippen LogP contribution is 2.31. The largest absolute Gasteiger partial charge is 0.460 e. The lowest BCUT2D eigenvalue weighted by Gasteiger charge is -1.98. The molecule has 84 valence electrons. The molecule has 0 spiro atoms. The van der Waals surface area contributed by atoms with Gasteiger partial charge in [-0.2, -0.15) is 0 Å². The summed E-state index contributed by atoms with van der Waals surface area (Å²) in [4.78, 5) is 11.6. The molecule has 1 aromatic heterocycles. The molecule has 0 saturated carbocycles. The van der Waals surface area contributed by atoms with Crippen molar-refractivity contribution in [1.29, 1.82) is 0 Å². The molecular weight excluding hydrogens is 228 g/mol. The van der Waals surface area contributed by atoms with Gasteiger partial charge in [0.1, 0.15) is 5.58 Å². The topological polar surface area (TPSA) is 39.4 Å². The van der Waals surface area contributed by atoms with E-state index in [1.54, 1.807) is 32.0 Å². The number of rotatable bonds is 2. The number of fused-ring (bicyclic) bond motifs is 1. The van der Waals surface area contributed by atoms with Gasteiger partial charge in [0, 0.05) is 10.9 Å². The van der Waals surface area contributed by atoms with Crippen LogP contribution in [0.3, 0.4) is 0 Å². The summed E-state index contributed by atoms with van der Waals surface area (Å²) < 4.78 is 10.3. The summed E-state index contributed by atoms with van der Waals surface area (Å²) in [6.07, 6.45) is 0. The Morgan fingerprint density at radius 1 is 1.50 bits per heavy atom. The number of esters is 1. The number of hydrogen-bond acceptors (Lipinski definition) is 3. The van der Waals surface area contributed by atoms with Gasteiger partial charge in [0.25, 0.3) is 0 Å². The Kier molecular flexibility index (Phi) is 2.88. The molecule has 1 aromatic carbocycles. The summed E-state index contributed by atoms with van der Waals surface area (Å²) in [5, 5.41) is 1.35. The molecule has 0 unspecified atom stereocenters. The van der Waals surface area contributed by atoms with Gasteiger partial charge in [0.15, 0.2) is 0 Å². The lowest BCUT2D eigenvalue weighted by molar-refractivity contribution is 0.0491. The van der Waals surface area contributed by atoms with E-state index in [0.717, 1.165) is 10.9 Å². The standard InChI is InChI=1S/C12H11ClO3/c1-3-15-12(14)11-7(2)10-8(13)5-4-6-9(10)16-11/h4-6H,3H2,1-2H3. The Morgan fingerprint density at radius 3 is 2.88 bits per heavy atom. The van der Waals surface area contributed by atoms with Gasteiger partial charge in [0.05, 0.1) is 11.6 Å². The van der Waals surface area contributed by atoms with Crippen LogP contribution >= 0.6 is 11.6 Å². The zero-order chi connectivity index (χ0) is 11.7. The van der Waals surface area contributed by atoms with E-state index in [2.05, 4.69) is 0 Å². The van der Waals surface area contributed by atoms with Crippen LogP contribution in [0.25, 0.3) is 11.0 Å². The first-order valence-electron chi connectivity index (χ1n) is 5.00. The van der Waals surface area contributed by atoms with E-state index in [9.17, 15) is 4.79 Å². The number of carbonyl (C=O) groups excluding carboxylic acids is 1. The molecule has 0 fully saturated rings. The van der Waals surface area contributed by atoms with Crippen molar-refractivity contribution in [1.82, 2.24) is 0 Å². The SMILES string of the molecule is CCOC(=O)c1oc2cccc(Cl)c2c1C. The zero-order valence-electron chi connectivity index (χ0n) is 9.04. The molecule has 0 atom stereocenters. The number of furan rings is 1. The summed E-state index contributed by atoms with van der Waals surface area (Å²) in [7, 11) is 0. The van der Waals surface area contributed by atoms with Gasteiger partial charge in [0.2, 0.25) is 5.76 Å². The fourth-order valence-electron chi connectivity index (χ4n) is 1.64. The Bertz CT molecular complexity index is 542. The Balaban J connectivity index is 2.61. The first-order chi connectivity index (χ1) is 7.65. The molecular formula is C12H11ClO3. The third-order valence-electron chi connectivity index (χ3n) is 2.36. The van der Waals surface area contributed by atoms with Crippen molar-refractivity contribution in [2.24, 2.45) is 0 Å². The van der Waals surface area contributed by atoms with Crippen molar-refractivity contribution in [2.45, 2.75) is 13.8 Å². The van der Waals surface area contributed by atoms with Crippen molar-refractivity contribution < 1.29 is 13.9 Å². The number of aryl methyl sites for hydroxylation is 1. The summed E-state index contributed by atoms with van der Waals surface area (Å²) >= 11 is 6.05. The van der Waals surface area contributed by atoms with E-state index < -0.39 is 5.97 Å². The second-order valence-corrected chi connectivity index (χ2v) is 3.80. The molecule has 1 heterocycles. The summed E-state index contributed by atoms with van der Waals surface area (Å²) in [6.45, 7) is 3.87. The molecule has 0 aliphatic heterocycles. The van der Waals surface area contributed by atoms with Gasteiger partial charge < -0.3 is 9.15 Å². The molecule has 3 nitrogen and oxygen atoms in total. The third kappa shape index (κ3) is 1.67. The van der Waals surface area contributed by atoms with Crippen LogP contribution in [-0.2, 0) is 4.74 Å². The number of halogens is 1. The van der Waals surface area contributed by atoms with Gasteiger partial charge in [-0.15, -0.1) is 0 Å². The fourth-order valence-corrected chi connectivity index (χ4v) is 1.95. The highest BCUT2D eigenvalue weighted by molar-refractivity contribution is 6.35. The van der Waals surface area contributed by atoms with E-state index in [1.165, 1.54) is 0 Å². The first kappa shape index (κ1) is 11.0. The maximum Gasteiger partial charge on any atom is 0.374 e. The van der Waals surface area contributed by atoms with Gasteiger partial charge in [-0.25, -0.2) is 4.79 Å². The predicted molar refractivity (Wildman–Crippen MR) is 61.9 cm³/mol. The van der Waals surface area contributed by atoms with Crippen LogP contribution in [0, 0.1) is 6.92 Å². The minimum absolute atomic E-state index is 0.227. The molecule has 0 N–H and O–H groups in total. The maximum absolute atomic E-state index is 11.6. The van der Waals surface area contributed by atoms with Crippen molar-refractivity contribution in [3.63, 3.8) is 0 Å². The number of hydrogen-bond donors (Lipinski definition) is 0. The quantitative estimate of drug-likeness (QED) is 0.751. The van der Waals surface area contributed by atoms with Crippen LogP contribution in [0.4, 0.5) is 0 Å². The highest BCUT2D eigenvalue weighted by atomic mass is 35.5. The lowest BCUT2D eigenvalue weighted by atomic mass is 10.1. The number of carbonyl (C=O) groups is 1. The highest BCUT2D eigenvalue weighted by Gasteiger charge is 2.19. The van der Waals surface area contributed by atoms with Gasteiger partial charge >= 0.3 is 5.97 Å². The molecule has 0 bridgehead atoms. The third-order valence-corrected chi connectivity index (χ3v) is 2.68. The second-order valence-electron chi connectivity index (χ2n) is 3.39. The van der Waals surface area contributed by atoms with Crippen LogP contribution in [-0.4, -0.2) is 12.6 Å². The van der Waals surface area contributed by atoms with Crippen LogP contribution < -0.4 is 0 Å². The number of benzene rings is 1. The Labute approximate surface area is 97.9 Å². The molecule has 0 aliphatic rings. The van der Waals surface area contributed by atoms with Crippen molar-refractivity contribution in [3.8, 4) is 0 Å². The molecule has 2 rings (SSSR count). The minimum Gasteiger partial charge on any atom is -0.460 e. The van der Waals surface area contributed by atoms with Gasteiger partial charge in [-0.05, 0) is 26.0 Å². The summed E-state index contributed by atoms with van der Waals surface area (Å²) in [6, 6.07) is 5.32. The lowest BCUT2D eigenvalue weighted by Crippen LogP contribution is -2.04. The van der Waals surface area contributed by atoms with Crippen molar-refractivity contribution in [3.05, 3.63) is 34.5 Å². The molecule has 0 amide bonds. The molecule has 2 aromatic rings. The Morgan fingerprint density at radius 2 is 2.25 bits per heavy atom. The second kappa shape index (κ2) is 4.18. The van der Waals surface area contributed by atoms with E-state index in [1.807, 2.05) is 0 Å². The fraction of sp³-hybridized carbons (Fsp3) is 0.250. The maximum atomic E-state index is 11.6. The average Bonchev–Trinajstić information content (AvgIpc) is 2.58. The van der Waals surface area contributed by atoms with Crippen molar-refractivity contribution in [2.75, 3.05) is 6.61 Å². The van der Waals surface area contributed by atoms with E-state index >= 15 is 0 Å². The van der Waals surface area contributed by atoms with Crippen molar-refractivity contribution >= 4 is 28.5 Å². The molecule has 0 aliphatic carbocycles. The van der Waals surface area contributed by atoms with E-state index in [4.69, 9.17) is 20.8 Å². The minimum atomic E-state index is -0.452. The molecule has 16 heavy (non-hydrogen) atoms. The van der Waals surface area contributed by atoms with E-state index in [-0.39, 0.29) is 5.76 Å². The van der Waals surface area contributed by atoms with E-state index in [0.29, 0.717) is 17.2 Å². The zero-order valence-corrected chi connectivity index (χ0v) is 9.80. The normalized spacial score (nSPS) is 10.7. The first-order valence-corrected chi connectivity index (χ1v) is 5.37. The van der Waals surface area contributed by atoms with Crippen LogP contribution in [0.1, 0.15) is 23.0 Å². The predicted octanol–water partition coefficient (Wildman–Crippen LogP) is 3.57. The summed E-state index contributed by atoms with van der Waals surface area (Å²) in [5.74, 6) is -0.225. The van der Waals surface area contributed by atoms with Crippen LogP contribution in [0.15, 0.2) is 22.6 Å². The summed E-state index contributed by atoms with van der Waals surface area (Å²) in [5.41, 5.74) is 1.33. The molecule has 0 radical (unpaired) electrons. The van der Waals surface area contributed by atoms with Crippen LogP contribution in [0.5, 0.6) is 0 Å².